The molecule has 0 fully saturated rings. The first-order valence-electron chi connectivity index (χ1n) is 5.99. The van der Waals surface area contributed by atoms with Crippen LogP contribution in [0.2, 0.25) is 0 Å². The fourth-order valence-electron chi connectivity index (χ4n) is 1.06. The minimum Gasteiger partial charge on any atom is -0.465 e. The van der Waals surface area contributed by atoms with E-state index in [-0.39, 0.29) is 23.5 Å². The van der Waals surface area contributed by atoms with Crippen molar-refractivity contribution in [3.63, 3.8) is 0 Å². The Morgan fingerprint density at radius 1 is 1.42 bits per heavy atom. The van der Waals surface area contributed by atoms with Gasteiger partial charge in [0.15, 0.2) is 4.34 Å². The van der Waals surface area contributed by atoms with Crippen LogP contribution in [0.25, 0.3) is 0 Å². The molecule has 0 saturated heterocycles. The van der Waals surface area contributed by atoms with Gasteiger partial charge in [0.2, 0.25) is 11.0 Å². The number of aromatic nitrogens is 2. The maximum absolute atomic E-state index is 11.7. The average molecular weight is 303 g/mol. The van der Waals surface area contributed by atoms with Crippen LogP contribution in [0.4, 0.5) is 5.13 Å². The predicted octanol–water partition coefficient (Wildman–Crippen LogP) is 2.18. The first-order valence-corrected chi connectivity index (χ1v) is 7.79. The van der Waals surface area contributed by atoms with Gasteiger partial charge in [-0.25, -0.2) is 0 Å². The molecule has 0 aliphatic rings. The summed E-state index contributed by atoms with van der Waals surface area (Å²) in [5, 5.41) is 10.9. The molecule has 0 saturated carbocycles. The lowest BCUT2D eigenvalue weighted by molar-refractivity contribution is -0.139. The molecule has 1 rings (SSSR count). The second kappa shape index (κ2) is 8.11. The number of ether oxygens (including phenoxy) is 1. The lowest BCUT2D eigenvalue weighted by Crippen LogP contribution is -2.19. The summed E-state index contributed by atoms with van der Waals surface area (Å²) in [4.78, 5) is 22.8. The first kappa shape index (κ1) is 15.9. The number of anilines is 1. The molecule has 106 valence electrons. The monoisotopic (exact) mass is 303 g/mol. The van der Waals surface area contributed by atoms with Crippen molar-refractivity contribution in [3.8, 4) is 0 Å². The summed E-state index contributed by atoms with van der Waals surface area (Å²) in [5.41, 5.74) is 0. The predicted molar refractivity (Wildman–Crippen MR) is 75.4 cm³/mol. The Morgan fingerprint density at radius 3 is 2.79 bits per heavy atom. The van der Waals surface area contributed by atoms with Crippen LogP contribution in [0.1, 0.15) is 27.2 Å². The number of thioether (sulfide) groups is 1. The zero-order valence-corrected chi connectivity index (χ0v) is 12.8. The second-order valence-electron chi connectivity index (χ2n) is 3.77. The van der Waals surface area contributed by atoms with Crippen molar-refractivity contribution in [2.75, 3.05) is 17.7 Å². The maximum Gasteiger partial charge on any atom is 0.316 e. The quantitative estimate of drug-likeness (QED) is 0.472. The van der Waals surface area contributed by atoms with Gasteiger partial charge >= 0.3 is 5.97 Å². The van der Waals surface area contributed by atoms with Gasteiger partial charge in [-0.15, -0.1) is 10.2 Å². The van der Waals surface area contributed by atoms with Crippen molar-refractivity contribution in [2.24, 2.45) is 5.92 Å². The van der Waals surface area contributed by atoms with Gasteiger partial charge in [-0.1, -0.05) is 36.9 Å². The summed E-state index contributed by atoms with van der Waals surface area (Å²) >= 11 is 2.50. The fraction of sp³-hybridized carbons (Fsp3) is 0.636. The lowest BCUT2D eigenvalue weighted by atomic mass is 10.1. The Bertz CT molecular complexity index is 437. The summed E-state index contributed by atoms with van der Waals surface area (Å²) < 4.78 is 5.44. The standard InChI is InChI=1S/C11H17N3O3S2/c1-4-7(3)9(16)12-10-13-14-11(19-10)18-6-8(15)17-5-2/h7H,4-6H2,1-3H3,(H,12,13,16). The number of hydrogen-bond acceptors (Lipinski definition) is 7. The minimum atomic E-state index is -0.284. The van der Waals surface area contributed by atoms with E-state index in [4.69, 9.17) is 4.74 Å². The highest BCUT2D eigenvalue weighted by molar-refractivity contribution is 8.01. The van der Waals surface area contributed by atoms with Crippen LogP contribution in [0.3, 0.4) is 0 Å². The van der Waals surface area contributed by atoms with Crippen molar-refractivity contribution < 1.29 is 14.3 Å². The Hall–Kier alpha value is -1.15. The number of rotatable bonds is 7. The molecule has 1 aromatic rings. The SMILES string of the molecule is CCOC(=O)CSc1nnc(NC(=O)C(C)CC)s1. The van der Waals surface area contributed by atoms with E-state index in [0.717, 1.165) is 6.42 Å². The Balaban J connectivity index is 2.44. The number of carbonyl (C=O) groups excluding carboxylic acids is 2. The molecule has 0 aromatic carbocycles. The number of carbonyl (C=O) groups is 2. The number of esters is 1. The zero-order valence-electron chi connectivity index (χ0n) is 11.1. The molecule has 1 N–H and O–H groups in total. The Kier molecular flexibility index (Phi) is 6.79. The second-order valence-corrected chi connectivity index (χ2v) is 5.97. The van der Waals surface area contributed by atoms with E-state index in [9.17, 15) is 9.59 Å². The summed E-state index contributed by atoms with van der Waals surface area (Å²) in [6.07, 6.45) is 0.773. The van der Waals surface area contributed by atoms with E-state index in [0.29, 0.717) is 16.1 Å². The highest BCUT2D eigenvalue weighted by Gasteiger charge is 2.14. The highest BCUT2D eigenvalue weighted by atomic mass is 32.2. The van der Waals surface area contributed by atoms with E-state index < -0.39 is 0 Å². The first-order chi connectivity index (χ1) is 9.06. The molecular weight excluding hydrogens is 286 g/mol. The van der Waals surface area contributed by atoms with Gasteiger partial charge < -0.3 is 10.1 Å². The van der Waals surface area contributed by atoms with Crippen LogP contribution in [0.15, 0.2) is 4.34 Å². The van der Waals surface area contributed by atoms with Gasteiger partial charge in [-0.2, -0.15) is 0 Å². The van der Waals surface area contributed by atoms with Crippen LogP contribution in [-0.2, 0) is 14.3 Å². The Labute approximate surface area is 120 Å². The normalized spacial score (nSPS) is 11.9. The lowest BCUT2D eigenvalue weighted by Gasteiger charge is -2.06. The number of nitrogens with one attached hydrogen (secondary N) is 1. The molecule has 1 heterocycles. The molecule has 0 aliphatic heterocycles. The third kappa shape index (κ3) is 5.56. The van der Waals surface area contributed by atoms with Crippen LogP contribution in [0.5, 0.6) is 0 Å². The van der Waals surface area contributed by atoms with Crippen molar-refractivity contribution in [3.05, 3.63) is 0 Å². The third-order valence-electron chi connectivity index (χ3n) is 2.32. The molecule has 1 aromatic heterocycles. The van der Waals surface area contributed by atoms with Crippen molar-refractivity contribution in [1.82, 2.24) is 10.2 Å². The molecule has 6 nitrogen and oxygen atoms in total. The maximum atomic E-state index is 11.7. The van der Waals surface area contributed by atoms with Crippen LogP contribution in [0, 0.1) is 5.92 Å². The molecule has 0 radical (unpaired) electrons. The third-order valence-corrected chi connectivity index (χ3v) is 4.26. The van der Waals surface area contributed by atoms with E-state index in [1.165, 1.54) is 23.1 Å². The van der Waals surface area contributed by atoms with Crippen LogP contribution >= 0.6 is 23.1 Å². The van der Waals surface area contributed by atoms with Gasteiger partial charge in [0.25, 0.3) is 0 Å². The van der Waals surface area contributed by atoms with E-state index in [1.807, 2.05) is 13.8 Å². The van der Waals surface area contributed by atoms with Gasteiger partial charge in [0.05, 0.1) is 12.4 Å². The number of nitrogens with zero attached hydrogens (tertiary/aromatic N) is 2. The van der Waals surface area contributed by atoms with Gasteiger partial charge in [-0.05, 0) is 13.3 Å². The summed E-state index contributed by atoms with van der Waals surface area (Å²) in [6.45, 7) is 5.93. The molecule has 1 amide bonds. The van der Waals surface area contributed by atoms with E-state index >= 15 is 0 Å². The van der Waals surface area contributed by atoms with Crippen LogP contribution < -0.4 is 5.32 Å². The molecule has 0 spiro atoms. The van der Waals surface area contributed by atoms with E-state index in [2.05, 4.69) is 15.5 Å². The number of amides is 1. The molecule has 0 bridgehead atoms. The topological polar surface area (TPSA) is 81.2 Å². The van der Waals surface area contributed by atoms with E-state index in [1.54, 1.807) is 6.92 Å². The zero-order chi connectivity index (χ0) is 14.3. The molecule has 19 heavy (non-hydrogen) atoms. The van der Waals surface area contributed by atoms with Gasteiger partial charge in [0.1, 0.15) is 0 Å². The average Bonchev–Trinajstić information content (AvgIpc) is 2.83. The molecule has 0 aliphatic carbocycles. The molecule has 8 heteroatoms. The minimum absolute atomic E-state index is 0.0560. The fourth-order valence-corrected chi connectivity index (χ4v) is 2.61. The summed E-state index contributed by atoms with van der Waals surface area (Å²) in [7, 11) is 0. The number of hydrogen-bond donors (Lipinski definition) is 1. The largest absolute Gasteiger partial charge is 0.465 e. The smallest absolute Gasteiger partial charge is 0.316 e. The highest BCUT2D eigenvalue weighted by Crippen LogP contribution is 2.25. The van der Waals surface area contributed by atoms with Crippen LogP contribution in [-0.4, -0.2) is 34.4 Å². The summed E-state index contributed by atoms with van der Waals surface area (Å²) in [5.74, 6) is -0.213. The molecule has 1 unspecified atom stereocenters. The van der Waals surface area contributed by atoms with Gasteiger partial charge in [-0.3, -0.25) is 9.59 Å². The molecular formula is C11H17N3O3S2. The van der Waals surface area contributed by atoms with Crippen molar-refractivity contribution >= 4 is 40.1 Å². The van der Waals surface area contributed by atoms with Gasteiger partial charge in [0, 0.05) is 5.92 Å². The van der Waals surface area contributed by atoms with Crippen molar-refractivity contribution in [2.45, 2.75) is 31.5 Å². The summed E-state index contributed by atoms with van der Waals surface area (Å²) in [6, 6.07) is 0. The van der Waals surface area contributed by atoms with Crippen molar-refractivity contribution in [1.29, 1.82) is 0 Å². The molecule has 1 atom stereocenters. The Morgan fingerprint density at radius 2 is 2.16 bits per heavy atom.